The molecule has 0 heterocycles. The number of ketones is 1. The second-order valence-corrected chi connectivity index (χ2v) is 3.49. The lowest BCUT2D eigenvalue weighted by atomic mass is 9.98. The van der Waals surface area contributed by atoms with E-state index in [1.54, 1.807) is 18.2 Å². The van der Waals surface area contributed by atoms with Crippen LogP contribution in [0.25, 0.3) is 0 Å². The van der Waals surface area contributed by atoms with E-state index in [1.807, 2.05) is 6.92 Å². The van der Waals surface area contributed by atoms with Gasteiger partial charge in [-0.25, -0.2) is 0 Å². The standard InChI is InChI=1S/C12H14O2/c1-8(2)7-11-10(9(3)13)5-4-6-12(11)14/h4-6,14H,1,7H2,2-3H3. The third-order valence-corrected chi connectivity index (χ3v) is 2.01. The smallest absolute Gasteiger partial charge is 0.160 e. The summed E-state index contributed by atoms with van der Waals surface area (Å²) in [5.74, 6) is 0.137. The zero-order valence-electron chi connectivity index (χ0n) is 8.50. The number of carbonyl (C=O) groups excluding carboxylic acids is 1. The van der Waals surface area contributed by atoms with Gasteiger partial charge in [-0.05, 0) is 26.3 Å². The fourth-order valence-electron chi connectivity index (χ4n) is 1.39. The van der Waals surface area contributed by atoms with E-state index in [9.17, 15) is 9.90 Å². The van der Waals surface area contributed by atoms with Crippen LogP contribution in [0.1, 0.15) is 29.8 Å². The molecule has 0 bridgehead atoms. The van der Waals surface area contributed by atoms with Crippen molar-refractivity contribution in [2.45, 2.75) is 20.3 Å². The van der Waals surface area contributed by atoms with E-state index >= 15 is 0 Å². The van der Waals surface area contributed by atoms with Crippen molar-refractivity contribution in [2.24, 2.45) is 0 Å². The molecule has 0 spiro atoms. The van der Waals surface area contributed by atoms with Crippen molar-refractivity contribution in [3.8, 4) is 5.75 Å². The number of phenols is 1. The molecular weight excluding hydrogens is 176 g/mol. The summed E-state index contributed by atoms with van der Waals surface area (Å²) in [5.41, 5.74) is 2.18. The SMILES string of the molecule is C=C(C)Cc1c(O)cccc1C(C)=O. The summed E-state index contributed by atoms with van der Waals surface area (Å²) in [6, 6.07) is 4.99. The minimum absolute atomic E-state index is 0.0304. The Morgan fingerprint density at radius 1 is 1.43 bits per heavy atom. The molecule has 1 aromatic carbocycles. The number of allylic oxidation sites excluding steroid dienone is 1. The maximum Gasteiger partial charge on any atom is 0.160 e. The van der Waals surface area contributed by atoms with Gasteiger partial charge in [0.25, 0.3) is 0 Å². The van der Waals surface area contributed by atoms with Crippen LogP contribution in [0.2, 0.25) is 0 Å². The second kappa shape index (κ2) is 4.09. The Bertz CT molecular complexity index is 378. The first-order valence-electron chi connectivity index (χ1n) is 4.48. The highest BCUT2D eigenvalue weighted by molar-refractivity contribution is 5.96. The molecule has 0 saturated heterocycles. The Morgan fingerprint density at radius 3 is 2.57 bits per heavy atom. The van der Waals surface area contributed by atoms with Gasteiger partial charge < -0.3 is 5.11 Å². The van der Waals surface area contributed by atoms with Crippen molar-refractivity contribution < 1.29 is 9.90 Å². The van der Waals surface area contributed by atoms with Gasteiger partial charge >= 0.3 is 0 Å². The third kappa shape index (κ3) is 2.22. The lowest BCUT2D eigenvalue weighted by molar-refractivity contribution is 0.101. The van der Waals surface area contributed by atoms with E-state index in [0.717, 1.165) is 5.57 Å². The summed E-state index contributed by atoms with van der Waals surface area (Å²) < 4.78 is 0. The van der Waals surface area contributed by atoms with Crippen molar-refractivity contribution in [3.63, 3.8) is 0 Å². The molecule has 2 nitrogen and oxygen atoms in total. The Kier molecular flexibility index (Phi) is 3.07. The van der Waals surface area contributed by atoms with Gasteiger partial charge in [0.2, 0.25) is 0 Å². The lowest BCUT2D eigenvalue weighted by Crippen LogP contribution is -2.00. The average Bonchev–Trinajstić information content (AvgIpc) is 2.07. The van der Waals surface area contributed by atoms with Crippen molar-refractivity contribution in [3.05, 3.63) is 41.5 Å². The fourth-order valence-corrected chi connectivity index (χ4v) is 1.39. The Balaban J connectivity index is 3.22. The molecule has 74 valence electrons. The Labute approximate surface area is 83.9 Å². The van der Waals surface area contributed by atoms with Crippen LogP contribution in [0.3, 0.4) is 0 Å². The van der Waals surface area contributed by atoms with Crippen LogP contribution in [0.15, 0.2) is 30.4 Å². The van der Waals surface area contributed by atoms with Crippen LogP contribution in [-0.4, -0.2) is 10.9 Å². The summed E-state index contributed by atoms with van der Waals surface area (Å²) in [5, 5.41) is 9.60. The topological polar surface area (TPSA) is 37.3 Å². The van der Waals surface area contributed by atoms with Crippen LogP contribution in [0.5, 0.6) is 5.75 Å². The second-order valence-electron chi connectivity index (χ2n) is 3.49. The number of hydrogen-bond acceptors (Lipinski definition) is 2. The van der Waals surface area contributed by atoms with Crippen LogP contribution in [-0.2, 0) is 6.42 Å². The first-order valence-corrected chi connectivity index (χ1v) is 4.48. The maximum absolute atomic E-state index is 11.3. The summed E-state index contributed by atoms with van der Waals surface area (Å²) in [4.78, 5) is 11.3. The van der Waals surface area contributed by atoms with E-state index < -0.39 is 0 Å². The van der Waals surface area contributed by atoms with Crippen molar-refractivity contribution in [1.82, 2.24) is 0 Å². The van der Waals surface area contributed by atoms with Gasteiger partial charge in [0, 0.05) is 11.1 Å². The molecule has 0 radical (unpaired) electrons. The molecule has 0 unspecified atom stereocenters. The number of carbonyl (C=O) groups is 1. The van der Waals surface area contributed by atoms with Gasteiger partial charge in [-0.3, -0.25) is 4.79 Å². The van der Waals surface area contributed by atoms with Crippen molar-refractivity contribution in [2.75, 3.05) is 0 Å². The molecule has 0 aliphatic rings. The van der Waals surface area contributed by atoms with E-state index in [2.05, 4.69) is 6.58 Å². The molecule has 0 aromatic heterocycles. The van der Waals surface area contributed by atoms with Gasteiger partial charge in [0.15, 0.2) is 5.78 Å². The first kappa shape index (κ1) is 10.5. The Hall–Kier alpha value is -1.57. The average molecular weight is 190 g/mol. The third-order valence-electron chi connectivity index (χ3n) is 2.01. The summed E-state index contributed by atoms with van der Waals surface area (Å²) >= 11 is 0. The number of hydrogen-bond donors (Lipinski definition) is 1. The minimum atomic E-state index is -0.0304. The highest BCUT2D eigenvalue weighted by atomic mass is 16.3. The Morgan fingerprint density at radius 2 is 2.07 bits per heavy atom. The quantitative estimate of drug-likeness (QED) is 0.587. The summed E-state index contributed by atoms with van der Waals surface area (Å²) in [7, 11) is 0. The summed E-state index contributed by atoms with van der Waals surface area (Å²) in [6.07, 6.45) is 0.543. The van der Waals surface area contributed by atoms with E-state index in [0.29, 0.717) is 17.5 Å². The van der Waals surface area contributed by atoms with Crippen molar-refractivity contribution >= 4 is 5.78 Å². The molecule has 0 saturated carbocycles. The predicted octanol–water partition coefficient (Wildman–Crippen LogP) is 2.71. The highest BCUT2D eigenvalue weighted by Gasteiger charge is 2.10. The first-order chi connectivity index (χ1) is 6.52. The molecule has 1 rings (SSSR count). The highest BCUT2D eigenvalue weighted by Crippen LogP contribution is 2.23. The van der Waals surface area contributed by atoms with Crippen LogP contribution < -0.4 is 0 Å². The predicted molar refractivity (Wildman–Crippen MR) is 56.6 cm³/mol. The molecule has 0 atom stereocenters. The molecule has 0 fully saturated rings. The molecule has 2 heteroatoms. The lowest BCUT2D eigenvalue weighted by Gasteiger charge is -2.08. The number of rotatable bonds is 3. The monoisotopic (exact) mass is 190 g/mol. The zero-order chi connectivity index (χ0) is 10.7. The van der Waals surface area contributed by atoms with Crippen LogP contribution in [0.4, 0.5) is 0 Å². The number of benzene rings is 1. The number of aromatic hydroxyl groups is 1. The van der Waals surface area contributed by atoms with Gasteiger partial charge in [-0.2, -0.15) is 0 Å². The van der Waals surface area contributed by atoms with Crippen LogP contribution >= 0.6 is 0 Å². The number of phenolic OH excluding ortho intramolecular Hbond substituents is 1. The van der Waals surface area contributed by atoms with Crippen molar-refractivity contribution in [1.29, 1.82) is 0 Å². The molecular formula is C12H14O2. The normalized spacial score (nSPS) is 9.86. The maximum atomic E-state index is 11.3. The van der Waals surface area contributed by atoms with Gasteiger partial charge in [-0.1, -0.05) is 24.3 Å². The molecule has 1 N–H and O–H groups in total. The fraction of sp³-hybridized carbons (Fsp3) is 0.250. The van der Waals surface area contributed by atoms with Crippen LogP contribution in [0, 0.1) is 0 Å². The molecule has 14 heavy (non-hydrogen) atoms. The van der Waals surface area contributed by atoms with Gasteiger partial charge in [0.1, 0.15) is 5.75 Å². The van der Waals surface area contributed by atoms with E-state index in [-0.39, 0.29) is 11.5 Å². The molecule has 1 aromatic rings. The van der Waals surface area contributed by atoms with E-state index in [1.165, 1.54) is 6.92 Å². The van der Waals surface area contributed by atoms with E-state index in [4.69, 9.17) is 0 Å². The largest absolute Gasteiger partial charge is 0.508 e. The number of Topliss-reactive ketones (excluding diaryl/α,β-unsaturated/α-hetero) is 1. The zero-order valence-corrected chi connectivity index (χ0v) is 8.50. The minimum Gasteiger partial charge on any atom is -0.508 e. The summed E-state index contributed by atoms with van der Waals surface area (Å²) in [6.45, 7) is 7.14. The molecule has 0 aliphatic heterocycles. The van der Waals surface area contributed by atoms with Gasteiger partial charge in [-0.15, -0.1) is 0 Å². The van der Waals surface area contributed by atoms with Gasteiger partial charge in [0.05, 0.1) is 0 Å². The molecule has 0 amide bonds. The molecule has 0 aliphatic carbocycles.